The minimum atomic E-state index is -2.04. The van der Waals surface area contributed by atoms with E-state index in [1.807, 2.05) is 0 Å². The van der Waals surface area contributed by atoms with Crippen LogP contribution in [0.5, 0.6) is 0 Å². The molecule has 6 atom stereocenters. The summed E-state index contributed by atoms with van der Waals surface area (Å²) in [6.45, 7) is 45.5. The molecule has 2 saturated heterocycles. The van der Waals surface area contributed by atoms with Crippen molar-refractivity contribution in [2.24, 2.45) is 0 Å². The zero-order valence-corrected chi connectivity index (χ0v) is 49.7. The Bertz CT molecular complexity index is 1830. The van der Waals surface area contributed by atoms with Crippen molar-refractivity contribution in [3.63, 3.8) is 0 Å². The number of anilines is 2. The van der Waals surface area contributed by atoms with Gasteiger partial charge in [-0.15, -0.1) is 0 Å². The van der Waals surface area contributed by atoms with E-state index in [-0.39, 0.29) is 56.2 Å². The van der Waals surface area contributed by atoms with Gasteiger partial charge in [-0.05, 0) is 118 Å². The summed E-state index contributed by atoms with van der Waals surface area (Å²) < 4.78 is 43.8. The van der Waals surface area contributed by atoms with Gasteiger partial charge in [-0.25, -0.2) is 9.59 Å². The molecule has 0 bridgehead atoms. The van der Waals surface area contributed by atoms with Gasteiger partial charge in [-0.3, -0.25) is 9.13 Å². The highest BCUT2D eigenvalue weighted by Gasteiger charge is 2.49. The Morgan fingerprint density at radius 1 is 0.581 bits per heavy atom. The largest absolute Gasteiger partial charge is 0.414 e. The first-order valence-electron chi connectivity index (χ1n) is 21.7. The van der Waals surface area contributed by atoms with Gasteiger partial charge in [0.2, 0.25) is 0 Å². The number of aromatic nitrogens is 4. The van der Waals surface area contributed by atoms with Crippen molar-refractivity contribution in [1.82, 2.24) is 19.1 Å². The van der Waals surface area contributed by atoms with E-state index in [9.17, 15) is 9.59 Å². The van der Waals surface area contributed by atoms with Crippen LogP contribution < -0.4 is 22.8 Å². The second kappa shape index (κ2) is 20.0. The fourth-order valence-corrected chi connectivity index (χ4v) is 11.3. The highest BCUT2D eigenvalue weighted by molar-refractivity contribution is 14.1. The summed E-state index contributed by atoms with van der Waals surface area (Å²) in [6, 6.07) is 0. The zero-order chi connectivity index (χ0) is 48.0. The molecule has 0 radical (unpaired) electrons. The summed E-state index contributed by atoms with van der Waals surface area (Å²) in [4.78, 5) is 32.9. The molecule has 0 aliphatic carbocycles. The molecule has 0 spiro atoms. The van der Waals surface area contributed by atoms with Crippen LogP contribution in [-0.4, -0.2) is 90.0 Å². The molecule has 0 saturated carbocycles. The van der Waals surface area contributed by atoms with Crippen molar-refractivity contribution in [1.29, 1.82) is 0 Å². The molecule has 4 N–H and O–H groups in total. The van der Waals surface area contributed by atoms with Gasteiger partial charge in [0.05, 0.1) is 32.6 Å². The molecule has 356 valence electrons. The summed E-state index contributed by atoms with van der Waals surface area (Å²) in [6.07, 6.45) is 2.95. The van der Waals surface area contributed by atoms with E-state index in [0.29, 0.717) is 26.1 Å². The number of hydrogen-bond acceptors (Lipinski definition) is 12. The number of nitrogen functional groups attached to an aromatic ring is 2. The van der Waals surface area contributed by atoms with E-state index < -0.39 is 57.1 Å². The maximum Gasteiger partial charge on any atom is 0.351 e. The average Bonchev–Trinajstić information content (AvgIpc) is 3.67. The molecule has 14 nitrogen and oxygen atoms in total. The first kappa shape index (κ1) is 55.8. The lowest BCUT2D eigenvalue weighted by atomic mass is 10.2. The quantitative estimate of drug-likeness (QED) is 0.152. The van der Waals surface area contributed by atoms with E-state index in [4.69, 9.17) is 38.6 Å². The Labute approximate surface area is 403 Å². The van der Waals surface area contributed by atoms with Crippen molar-refractivity contribution >= 4 is 90.1 Å². The Kier molecular flexibility index (Phi) is 18.0. The molecule has 0 unspecified atom stereocenters. The molecule has 2 aromatic rings. The molecule has 0 aromatic carbocycles. The first-order chi connectivity index (χ1) is 27.7. The number of hydrogen-bond donors (Lipinski definition) is 2. The second-order valence-corrected chi connectivity index (χ2v) is 44.5. The highest BCUT2D eigenvalue weighted by Crippen LogP contribution is 2.44. The molecule has 2 aliphatic rings. The van der Waals surface area contributed by atoms with Gasteiger partial charge < -0.3 is 38.6 Å². The first-order valence-corrected chi connectivity index (χ1v) is 35.5. The Morgan fingerprint density at radius 3 is 1.11 bits per heavy atom. The lowest BCUT2D eigenvalue weighted by molar-refractivity contribution is -0.0412. The number of ether oxygens (including phenoxy) is 2. The third kappa shape index (κ3) is 13.8. The second-order valence-electron chi connectivity index (χ2n) is 23.0. The van der Waals surface area contributed by atoms with Crippen LogP contribution in [0.3, 0.4) is 0 Å². The van der Waals surface area contributed by atoms with Crippen molar-refractivity contribution in [3.05, 3.63) is 40.5 Å². The average molecular weight is 1160 g/mol. The summed E-state index contributed by atoms with van der Waals surface area (Å²) in [5.74, 6) is 0.485. The topological polar surface area (TPSA) is 177 Å². The summed E-state index contributed by atoms with van der Waals surface area (Å²) in [5, 5.41) is 0.360. The number of rotatable bonds is 12. The summed E-state index contributed by atoms with van der Waals surface area (Å²) in [5.41, 5.74) is 10.8. The van der Waals surface area contributed by atoms with E-state index in [2.05, 4.69) is 191 Å². The van der Waals surface area contributed by atoms with Gasteiger partial charge in [-0.1, -0.05) is 83.1 Å². The van der Waals surface area contributed by atoms with Gasteiger partial charge in [0.1, 0.15) is 36.3 Å². The minimum Gasteiger partial charge on any atom is -0.414 e. The van der Waals surface area contributed by atoms with Crippen LogP contribution in [0, 0.1) is 7.14 Å². The van der Waals surface area contributed by atoms with Gasteiger partial charge in [-0.2, -0.15) is 9.97 Å². The van der Waals surface area contributed by atoms with Crippen LogP contribution in [0.25, 0.3) is 0 Å². The monoisotopic (exact) mass is 1160 g/mol. The smallest absolute Gasteiger partial charge is 0.351 e. The SMILES string of the molecule is CC(C)(C)[Si](C)(C)OC[C@H]1O[C@@H](n2cc(I)c(N)nc2=O)C[C@@H]1O[Si](C)(C)C(C)(C)C.CC(C)(C)[Si](C)(C)OC[C@H]1O[C@@H](n2cc(I)c(N)nc2=O)C[C@@H]1O[Si](C)(C)C(C)(C)C. The van der Waals surface area contributed by atoms with Crippen molar-refractivity contribution < 1.29 is 27.2 Å². The minimum absolute atomic E-state index is 0.0743. The van der Waals surface area contributed by atoms with Gasteiger partial charge in [0.25, 0.3) is 0 Å². The number of nitrogens with zero attached hydrogens (tertiary/aromatic N) is 4. The standard InChI is InChI=1S/2C21H40IN3O4Si2/c2*1-20(2,3)30(7,8)27-13-16-15(29-31(9,10)21(4,5)6)11-17(28-16)25-12-14(22)18(23)24-19(25)26/h2*12,15-17H,11,13H2,1-10H3,(H2,23,24,26)/t2*15-,16+,17+/m00/s1. The van der Waals surface area contributed by atoms with E-state index in [1.165, 1.54) is 9.13 Å². The zero-order valence-electron chi connectivity index (χ0n) is 41.4. The van der Waals surface area contributed by atoms with E-state index >= 15 is 0 Å². The Morgan fingerprint density at radius 2 is 0.855 bits per heavy atom. The number of nitrogens with two attached hydrogens (primary N) is 2. The lowest BCUT2D eigenvalue weighted by Crippen LogP contribution is -2.48. The molecular weight excluding hydrogens is 1080 g/mol. The highest BCUT2D eigenvalue weighted by atomic mass is 127. The van der Waals surface area contributed by atoms with E-state index in [0.717, 1.165) is 7.14 Å². The summed E-state index contributed by atoms with van der Waals surface area (Å²) in [7, 11) is -7.97. The predicted octanol–water partition coefficient (Wildman–Crippen LogP) is 10.3. The molecule has 4 rings (SSSR count). The van der Waals surface area contributed by atoms with Crippen LogP contribution in [-0.2, 0) is 27.2 Å². The molecule has 0 amide bonds. The number of halogens is 2. The molecule has 20 heteroatoms. The lowest BCUT2D eigenvalue weighted by Gasteiger charge is -2.40. The molecule has 2 aliphatic heterocycles. The van der Waals surface area contributed by atoms with E-state index in [1.54, 1.807) is 12.4 Å². The normalized spacial score (nSPS) is 23.4. The Balaban J connectivity index is 0.000000330. The fourth-order valence-electron chi connectivity index (χ4n) is 5.74. The molecule has 2 aromatic heterocycles. The molecule has 62 heavy (non-hydrogen) atoms. The maximum absolute atomic E-state index is 12.5. The van der Waals surface area contributed by atoms with Crippen LogP contribution in [0.2, 0.25) is 72.5 Å². The van der Waals surface area contributed by atoms with Crippen LogP contribution in [0.1, 0.15) is 108 Å². The fraction of sp³-hybridized carbons (Fsp3) is 0.810. The Hall–Kier alpha value is -0.552. The molecule has 2 fully saturated rings. The van der Waals surface area contributed by atoms with Gasteiger partial charge in [0.15, 0.2) is 33.3 Å². The van der Waals surface area contributed by atoms with Crippen molar-refractivity contribution in [2.45, 2.75) is 205 Å². The third-order valence-corrected chi connectivity index (χ3v) is 33.9. The van der Waals surface area contributed by atoms with Crippen molar-refractivity contribution in [3.8, 4) is 0 Å². The predicted molar refractivity (Wildman–Crippen MR) is 279 cm³/mol. The molecular formula is C42H80I2N6O8Si4. The van der Waals surface area contributed by atoms with Gasteiger partial charge in [0, 0.05) is 25.2 Å². The maximum atomic E-state index is 12.5. The van der Waals surface area contributed by atoms with Crippen LogP contribution in [0.15, 0.2) is 22.0 Å². The van der Waals surface area contributed by atoms with Gasteiger partial charge >= 0.3 is 11.4 Å². The molecule has 4 heterocycles. The van der Waals surface area contributed by atoms with Crippen LogP contribution >= 0.6 is 45.2 Å². The third-order valence-electron chi connectivity index (χ3n) is 14.2. The van der Waals surface area contributed by atoms with Crippen molar-refractivity contribution in [2.75, 3.05) is 24.7 Å². The van der Waals surface area contributed by atoms with Crippen LogP contribution in [0.4, 0.5) is 11.6 Å². The summed E-state index contributed by atoms with van der Waals surface area (Å²) >= 11 is 4.17.